The van der Waals surface area contributed by atoms with E-state index < -0.39 is 36.1 Å². The van der Waals surface area contributed by atoms with Gasteiger partial charge in [-0.05, 0) is 37.5 Å². The van der Waals surface area contributed by atoms with Crippen LogP contribution in [0.1, 0.15) is 36.9 Å². The Balaban J connectivity index is 1.60. The lowest BCUT2D eigenvalue weighted by Crippen LogP contribution is -2.70. The summed E-state index contributed by atoms with van der Waals surface area (Å²) in [4.78, 5) is 25.8. The first-order valence-corrected chi connectivity index (χ1v) is 8.67. The third-order valence-electron chi connectivity index (χ3n) is 4.68. The van der Waals surface area contributed by atoms with Crippen LogP contribution in [0.3, 0.4) is 0 Å². The molecule has 0 bridgehead atoms. The van der Waals surface area contributed by atoms with E-state index >= 15 is 0 Å². The Morgan fingerprint density at radius 1 is 1.11 bits per heavy atom. The van der Waals surface area contributed by atoms with E-state index in [4.69, 9.17) is 4.74 Å². The van der Waals surface area contributed by atoms with Gasteiger partial charge in [0.2, 0.25) is 0 Å². The number of hydrogen-bond donors (Lipinski definition) is 3. The van der Waals surface area contributed by atoms with Crippen molar-refractivity contribution in [2.75, 3.05) is 13.2 Å². The Morgan fingerprint density at radius 2 is 1.67 bits per heavy atom. The van der Waals surface area contributed by atoms with Crippen molar-refractivity contribution in [3.05, 3.63) is 35.4 Å². The molecule has 2 fully saturated rings. The molecule has 2 aliphatic rings. The molecule has 0 saturated carbocycles. The number of alkyl halides is 3. The van der Waals surface area contributed by atoms with Crippen LogP contribution in [0.25, 0.3) is 0 Å². The van der Waals surface area contributed by atoms with Crippen molar-refractivity contribution in [2.24, 2.45) is 0 Å². The highest BCUT2D eigenvalue weighted by Gasteiger charge is 2.37. The number of benzene rings is 1. The summed E-state index contributed by atoms with van der Waals surface area (Å²) < 4.78 is 43.2. The van der Waals surface area contributed by atoms with Crippen LogP contribution in [0.2, 0.25) is 0 Å². The molecule has 27 heavy (non-hydrogen) atoms. The molecule has 4 amide bonds. The highest BCUT2D eigenvalue weighted by atomic mass is 19.4. The van der Waals surface area contributed by atoms with E-state index in [1.165, 1.54) is 12.1 Å². The zero-order valence-corrected chi connectivity index (χ0v) is 14.7. The fourth-order valence-electron chi connectivity index (χ4n) is 3.18. The van der Waals surface area contributed by atoms with E-state index in [0.717, 1.165) is 17.0 Å². The van der Waals surface area contributed by atoms with E-state index in [1.54, 1.807) is 6.92 Å². The standard InChI is InChI=1S/C17H21F3N4O3/c1-10(11-2-4-12(5-3-11)17(18,19)20)21-14-22-15(25)24(16(26)23-14)13-6-8-27-9-7-13/h2-5,10,13-14,21H,6-9H2,1H3,(H,22,25)(H,23,26)/t10-/m1/s1. The summed E-state index contributed by atoms with van der Waals surface area (Å²) in [6.45, 7) is 2.72. The average Bonchev–Trinajstić information content (AvgIpc) is 2.61. The first-order chi connectivity index (χ1) is 12.8. The van der Waals surface area contributed by atoms with Gasteiger partial charge in [0.15, 0.2) is 6.29 Å². The number of hydrogen-bond acceptors (Lipinski definition) is 4. The number of amides is 4. The van der Waals surface area contributed by atoms with Crippen LogP contribution >= 0.6 is 0 Å². The van der Waals surface area contributed by atoms with Crippen LogP contribution < -0.4 is 16.0 Å². The minimum atomic E-state index is -4.39. The third-order valence-corrected chi connectivity index (χ3v) is 4.68. The lowest BCUT2D eigenvalue weighted by molar-refractivity contribution is -0.137. The van der Waals surface area contributed by atoms with Gasteiger partial charge in [0.25, 0.3) is 0 Å². The molecular weight excluding hydrogens is 365 g/mol. The van der Waals surface area contributed by atoms with Gasteiger partial charge in [-0.15, -0.1) is 0 Å². The van der Waals surface area contributed by atoms with Crippen LogP contribution in [0.4, 0.5) is 22.8 Å². The summed E-state index contributed by atoms with van der Waals surface area (Å²) in [5.41, 5.74) is -0.136. The minimum absolute atomic E-state index is 0.216. The van der Waals surface area contributed by atoms with Gasteiger partial charge in [-0.1, -0.05) is 12.1 Å². The van der Waals surface area contributed by atoms with Gasteiger partial charge in [0.1, 0.15) is 0 Å². The number of nitrogens with zero attached hydrogens (tertiary/aromatic N) is 1. The molecule has 0 unspecified atom stereocenters. The number of carbonyl (C=O) groups excluding carboxylic acids is 2. The maximum Gasteiger partial charge on any atom is 0.416 e. The maximum absolute atomic E-state index is 12.6. The molecule has 0 aromatic heterocycles. The van der Waals surface area contributed by atoms with Gasteiger partial charge in [-0.2, -0.15) is 13.2 Å². The van der Waals surface area contributed by atoms with Crippen molar-refractivity contribution >= 4 is 12.1 Å². The first-order valence-electron chi connectivity index (χ1n) is 8.67. The fraction of sp³-hybridized carbons (Fsp3) is 0.529. The largest absolute Gasteiger partial charge is 0.416 e. The smallest absolute Gasteiger partial charge is 0.381 e. The van der Waals surface area contributed by atoms with E-state index in [0.29, 0.717) is 31.6 Å². The lowest BCUT2D eigenvalue weighted by atomic mass is 10.1. The van der Waals surface area contributed by atoms with E-state index in [1.807, 2.05) is 0 Å². The maximum atomic E-state index is 12.6. The number of carbonyl (C=O) groups is 2. The van der Waals surface area contributed by atoms with Crippen molar-refractivity contribution in [3.8, 4) is 0 Å². The van der Waals surface area contributed by atoms with Gasteiger partial charge < -0.3 is 15.4 Å². The molecule has 10 heteroatoms. The number of ether oxygens (including phenoxy) is 1. The molecule has 0 spiro atoms. The van der Waals surface area contributed by atoms with E-state index in [9.17, 15) is 22.8 Å². The molecule has 148 valence electrons. The molecule has 0 radical (unpaired) electrons. The number of nitrogens with one attached hydrogen (secondary N) is 3. The third kappa shape index (κ3) is 4.51. The molecule has 3 rings (SSSR count). The van der Waals surface area contributed by atoms with E-state index in [2.05, 4.69) is 16.0 Å². The molecule has 1 atom stereocenters. The van der Waals surface area contributed by atoms with Gasteiger partial charge in [0, 0.05) is 25.3 Å². The predicted molar refractivity (Wildman–Crippen MR) is 89.5 cm³/mol. The highest BCUT2D eigenvalue weighted by Crippen LogP contribution is 2.30. The van der Waals surface area contributed by atoms with E-state index in [-0.39, 0.29) is 6.04 Å². The summed E-state index contributed by atoms with van der Waals surface area (Å²) in [5.74, 6) is 0. The van der Waals surface area contributed by atoms with Crippen LogP contribution in [0, 0.1) is 0 Å². The van der Waals surface area contributed by atoms with Gasteiger partial charge in [-0.25, -0.2) is 14.5 Å². The van der Waals surface area contributed by atoms with Gasteiger partial charge in [0.05, 0.1) is 5.56 Å². The summed E-state index contributed by atoms with van der Waals surface area (Å²) in [6, 6.07) is 3.09. The number of halogens is 3. The van der Waals surface area contributed by atoms with Crippen molar-refractivity contribution in [2.45, 2.75) is 44.3 Å². The Kier molecular flexibility index (Phi) is 5.56. The second kappa shape index (κ2) is 7.73. The van der Waals surface area contributed by atoms with Crippen molar-refractivity contribution < 1.29 is 27.5 Å². The normalized spacial score (nSPS) is 21.0. The molecule has 7 nitrogen and oxygen atoms in total. The van der Waals surface area contributed by atoms with Gasteiger partial charge >= 0.3 is 18.2 Å². The van der Waals surface area contributed by atoms with Crippen LogP contribution in [-0.4, -0.2) is 42.5 Å². The van der Waals surface area contributed by atoms with Crippen molar-refractivity contribution in [1.82, 2.24) is 20.9 Å². The molecule has 0 aliphatic carbocycles. The summed E-state index contributed by atoms with van der Waals surface area (Å²) in [5, 5.41) is 8.29. The lowest BCUT2D eigenvalue weighted by Gasteiger charge is -2.39. The van der Waals surface area contributed by atoms with Gasteiger partial charge in [-0.3, -0.25) is 5.32 Å². The second-order valence-electron chi connectivity index (χ2n) is 6.55. The molecule has 1 aromatic carbocycles. The van der Waals surface area contributed by atoms with Crippen LogP contribution in [-0.2, 0) is 10.9 Å². The topological polar surface area (TPSA) is 82.7 Å². The first kappa shape index (κ1) is 19.4. The summed E-state index contributed by atoms with van der Waals surface area (Å²) in [6.07, 6.45) is -4.05. The minimum Gasteiger partial charge on any atom is -0.381 e. The number of rotatable bonds is 4. The SMILES string of the molecule is C[C@@H](NC1NC(=O)N(C2CCOCC2)C(=O)N1)c1ccc(C(F)(F)F)cc1. The molecule has 2 saturated heterocycles. The second-order valence-corrected chi connectivity index (χ2v) is 6.55. The molecule has 2 heterocycles. The molecular formula is C17H21F3N4O3. The van der Waals surface area contributed by atoms with Crippen molar-refractivity contribution in [3.63, 3.8) is 0 Å². The monoisotopic (exact) mass is 386 g/mol. The number of imide groups is 1. The Labute approximate surface area is 154 Å². The summed E-state index contributed by atoms with van der Waals surface area (Å²) in [7, 11) is 0. The van der Waals surface area contributed by atoms with Crippen LogP contribution in [0.15, 0.2) is 24.3 Å². The molecule has 3 N–H and O–H groups in total. The Hall–Kier alpha value is -2.33. The average molecular weight is 386 g/mol. The van der Waals surface area contributed by atoms with Crippen molar-refractivity contribution in [1.29, 1.82) is 0 Å². The Morgan fingerprint density at radius 3 is 2.19 bits per heavy atom. The highest BCUT2D eigenvalue weighted by molar-refractivity contribution is 5.96. The Bertz CT molecular complexity index is 672. The summed E-state index contributed by atoms with van der Waals surface area (Å²) >= 11 is 0. The quantitative estimate of drug-likeness (QED) is 0.743. The van der Waals surface area contributed by atoms with Crippen LogP contribution in [0.5, 0.6) is 0 Å². The fourth-order valence-corrected chi connectivity index (χ4v) is 3.18. The predicted octanol–water partition coefficient (Wildman–Crippen LogP) is 2.55. The molecule has 1 aromatic rings. The zero-order chi connectivity index (χ0) is 19.6. The zero-order valence-electron chi connectivity index (χ0n) is 14.7. The molecule has 2 aliphatic heterocycles. The number of urea groups is 2.